The Morgan fingerprint density at radius 1 is 1.31 bits per heavy atom. The first-order valence-electron chi connectivity index (χ1n) is 4.70. The van der Waals surface area contributed by atoms with E-state index in [1.165, 1.54) is 10.9 Å². The molecule has 0 saturated heterocycles. The Kier molecular flexibility index (Phi) is 2.05. The van der Waals surface area contributed by atoms with Gasteiger partial charge in [-0.1, -0.05) is 13.8 Å². The Balaban J connectivity index is 2.74. The molecule has 0 aliphatic rings. The van der Waals surface area contributed by atoms with Crippen LogP contribution in [0, 0.1) is 0 Å². The lowest BCUT2D eigenvalue weighted by Gasteiger charge is -2.01. The van der Waals surface area contributed by atoms with Gasteiger partial charge in [0.15, 0.2) is 0 Å². The molecule has 0 N–H and O–H groups in total. The maximum absolute atomic E-state index is 5.44. The van der Waals surface area contributed by atoms with Crippen molar-refractivity contribution in [2.45, 2.75) is 26.7 Å². The Labute approximate surface area is 77.6 Å². The zero-order chi connectivity index (χ0) is 9.26. The molecule has 0 fully saturated rings. The lowest BCUT2D eigenvalue weighted by Crippen LogP contribution is -1.90. The van der Waals surface area contributed by atoms with Crippen molar-refractivity contribution >= 4 is 11.0 Å². The Morgan fingerprint density at radius 2 is 2.15 bits per heavy atom. The summed E-state index contributed by atoms with van der Waals surface area (Å²) in [6.07, 6.45) is 5.59. The summed E-state index contributed by atoms with van der Waals surface area (Å²) in [5.74, 6) is 0. The Bertz CT molecular complexity index is 379. The van der Waals surface area contributed by atoms with E-state index in [1.807, 2.05) is 12.3 Å². The number of aryl methyl sites for hydroxylation is 2. The van der Waals surface area contributed by atoms with E-state index in [4.69, 9.17) is 4.42 Å². The van der Waals surface area contributed by atoms with Gasteiger partial charge in [-0.25, -0.2) is 0 Å². The minimum absolute atomic E-state index is 0.958. The lowest BCUT2D eigenvalue weighted by atomic mass is 10.1. The summed E-state index contributed by atoms with van der Waals surface area (Å²) >= 11 is 0. The molecule has 0 spiro atoms. The van der Waals surface area contributed by atoms with Gasteiger partial charge in [-0.05, 0) is 18.9 Å². The molecule has 0 aromatic carbocycles. The van der Waals surface area contributed by atoms with Crippen LogP contribution in [0.25, 0.3) is 11.0 Å². The quantitative estimate of drug-likeness (QED) is 0.701. The molecule has 0 saturated carbocycles. The van der Waals surface area contributed by atoms with Crippen molar-refractivity contribution < 1.29 is 4.42 Å². The second-order valence-corrected chi connectivity index (χ2v) is 3.10. The zero-order valence-electron chi connectivity index (χ0n) is 8.00. The largest absolute Gasteiger partial charge is 0.464 e. The zero-order valence-corrected chi connectivity index (χ0v) is 8.00. The first kappa shape index (κ1) is 8.30. The van der Waals surface area contributed by atoms with E-state index in [1.54, 1.807) is 6.26 Å². The standard InChI is InChI=1S/C11H13NO/c1-3-8-7-12-10(4-2)9-5-6-13-11(8)9/h5-7H,3-4H2,1-2H3. The van der Waals surface area contributed by atoms with Crippen molar-refractivity contribution in [3.05, 3.63) is 29.8 Å². The van der Waals surface area contributed by atoms with Gasteiger partial charge in [-0.3, -0.25) is 4.98 Å². The number of aromatic nitrogens is 1. The molecular formula is C11H13NO. The highest BCUT2D eigenvalue weighted by Crippen LogP contribution is 2.22. The van der Waals surface area contributed by atoms with Crippen LogP contribution >= 0.6 is 0 Å². The van der Waals surface area contributed by atoms with Crippen LogP contribution < -0.4 is 0 Å². The minimum Gasteiger partial charge on any atom is -0.464 e. The average Bonchev–Trinajstić information content (AvgIpc) is 2.64. The van der Waals surface area contributed by atoms with Gasteiger partial charge in [0.05, 0.1) is 12.0 Å². The topological polar surface area (TPSA) is 26.0 Å². The van der Waals surface area contributed by atoms with Crippen LogP contribution in [-0.2, 0) is 12.8 Å². The molecule has 0 aliphatic carbocycles. The summed E-state index contributed by atoms with van der Waals surface area (Å²) < 4.78 is 5.44. The molecule has 2 nitrogen and oxygen atoms in total. The van der Waals surface area contributed by atoms with Crippen LogP contribution in [0.5, 0.6) is 0 Å². The number of fused-ring (bicyclic) bond motifs is 1. The van der Waals surface area contributed by atoms with E-state index in [0.717, 1.165) is 24.1 Å². The molecule has 0 aliphatic heterocycles. The van der Waals surface area contributed by atoms with Gasteiger partial charge in [-0.15, -0.1) is 0 Å². The molecule has 2 heterocycles. The monoisotopic (exact) mass is 175 g/mol. The normalized spacial score (nSPS) is 10.9. The number of nitrogens with zero attached hydrogens (tertiary/aromatic N) is 1. The van der Waals surface area contributed by atoms with Gasteiger partial charge in [-0.2, -0.15) is 0 Å². The van der Waals surface area contributed by atoms with Crippen molar-refractivity contribution in [3.63, 3.8) is 0 Å². The van der Waals surface area contributed by atoms with Crippen LogP contribution in [0.3, 0.4) is 0 Å². The number of furan rings is 1. The molecule has 0 amide bonds. The van der Waals surface area contributed by atoms with E-state index >= 15 is 0 Å². The van der Waals surface area contributed by atoms with Crippen molar-refractivity contribution in [2.24, 2.45) is 0 Å². The van der Waals surface area contributed by atoms with Crippen LogP contribution in [0.4, 0.5) is 0 Å². The third-order valence-corrected chi connectivity index (χ3v) is 2.36. The van der Waals surface area contributed by atoms with Gasteiger partial charge >= 0.3 is 0 Å². The van der Waals surface area contributed by atoms with Crippen molar-refractivity contribution in [1.82, 2.24) is 4.98 Å². The van der Waals surface area contributed by atoms with E-state index in [9.17, 15) is 0 Å². The summed E-state index contributed by atoms with van der Waals surface area (Å²) in [7, 11) is 0. The van der Waals surface area contributed by atoms with Crippen molar-refractivity contribution in [1.29, 1.82) is 0 Å². The molecule has 0 atom stereocenters. The third-order valence-electron chi connectivity index (χ3n) is 2.36. The summed E-state index contributed by atoms with van der Waals surface area (Å²) in [6.45, 7) is 4.23. The van der Waals surface area contributed by atoms with Gasteiger partial charge in [0.2, 0.25) is 0 Å². The molecule has 0 bridgehead atoms. The second-order valence-electron chi connectivity index (χ2n) is 3.10. The first-order chi connectivity index (χ1) is 6.36. The van der Waals surface area contributed by atoms with Crippen molar-refractivity contribution in [2.75, 3.05) is 0 Å². The number of pyridine rings is 1. The molecular weight excluding hydrogens is 162 g/mol. The molecule has 2 aromatic heterocycles. The van der Waals surface area contributed by atoms with Gasteiger partial charge < -0.3 is 4.42 Å². The molecule has 0 unspecified atom stereocenters. The molecule has 2 rings (SSSR count). The molecule has 13 heavy (non-hydrogen) atoms. The van der Waals surface area contributed by atoms with Gasteiger partial charge in [0.25, 0.3) is 0 Å². The Morgan fingerprint density at radius 3 is 2.85 bits per heavy atom. The average molecular weight is 175 g/mol. The van der Waals surface area contributed by atoms with Crippen molar-refractivity contribution in [3.8, 4) is 0 Å². The number of rotatable bonds is 2. The molecule has 0 radical (unpaired) electrons. The Hall–Kier alpha value is -1.31. The molecule has 68 valence electrons. The van der Waals surface area contributed by atoms with E-state index in [-0.39, 0.29) is 0 Å². The smallest absolute Gasteiger partial charge is 0.140 e. The molecule has 2 heteroatoms. The summed E-state index contributed by atoms with van der Waals surface area (Å²) in [6, 6.07) is 2.00. The summed E-state index contributed by atoms with van der Waals surface area (Å²) in [5, 5.41) is 1.17. The van der Waals surface area contributed by atoms with Crippen LogP contribution in [0.15, 0.2) is 22.9 Å². The van der Waals surface area contributed by atoms with E-state index in [2.05, 4.69) is 18.8 Å². The van der Waals surface area contributed by atoms with E-state index < -0.39 is 0 Å². The lowest BCUT2D eigenvalue weighted by molar-refractivity contribution is 0.610. The highest BCUT2D eigenvalue weighted by Gasteiger charge is 2.07. The third kappa shape index (κ3) is 1.22. The minimum atomic E-state index is 0.958. The van der Waals surface area contributed by atoms with Crippen LogP contribution in [0.1, 0.15) is 25.1 Å². The fourth-order valence-electron chi connectivity index (χ4n) is 1.60. The number of hydrogen-bond donors (Lipinski definition) is 0. The molecule has 2 aromatic rings. The summed E-state index contributed by atoms with van der Waals surface area (Å²) in [4.78, 5) is 4.41. The SMILES string of the molecule is CCc1ncc(CC)c2occc12. The predicted molar refractivity (Wildman–Crippen MR) is 52.8 cm³/mol. The second kappa shape index (κ2) is 3.21. The number of hydrogen-bond acceptors (Lipinski definition) is 2. The van der Waals surface area contributed by atoms with Crippen LogP contribution in [-0.4, -0.2) is 4.98 Å². The fourth-order valence-corrected chi connectivity index (χ4v) is 1.60. The highest BCUT2D eigenvalue weighted by atomic mass is 16.3. The first-order valence-corrected chi connectivity index (χ1v) is 4.70. The predicted octanol–water partition coefficient (Wildman–Crippen LogP) is 2.95. The van der Waals surface area contributed by atoms with Gasteiger partial charge in [0.1, 0.15) is 5.58 Å². The maximum atomic E-state index is 5.44. The van der Waals surface area contributed by atoms with Crippen LogP contribution in [0.2, 0.25) is 0 Å². The van der Waals surface area contributed by atoms with E-state index in [0.29, 0.717) is 0 Å². The highest BCUT2D eigenvalue weighted by molar-refractivity contribution is 5.82. The maximum Gasteiger partial charge on any atom is 0.140 e. The fraction of sp³-hybridized carbons (Fsp3) is 0.364. The summed E-state index contributed by atoms with van der Waals surface area (Å²) in [5.41, 5.74) is 3.33. The van der Waals surface area contributed by atoms with Gasteiger partial charge in [0, 0.05) is 17.1 Å².